The van der Waals surface area contributed by atoms with E-state index < -0.39 is 0 Å². The number of aromatic hydroxyl groups is 2. The highest BCUT2D eigenvalue weighted by molar-refractivity contribution is 7.99. The molecule has 5 nitrogen and oxygen atoms in total. The molecule has 2 rings (SSSR count). The summed E-state index contributed by atoms with van der Waals surface area (Å²) in [6.45, 7) is 16.1. The number of phenols is 2. The predicted octanol–water partition coefficient (Wildman–Crippen LogP) is 5.69. The molecule has 3 N–H and O–H groups in total. The van der Waals surface area contributed by atoms with E-state index in [1.165, 1.54) is 11.8 Å². The lowest BCUT2D eigenvalue weighted by atomic mass is 9.78. The van der Waals surface area contributed by atoms with Crippen molar-refractivity contribution in [2.45, 2.75) is 72.0 Å². The van der Waals surface area contributed by atoms with E-state index in [1.807, 2.05) is 38.1 Å². The first kappa shape index (κ1) is 25.8. The smallest absolute Gasteiger partial charge is 0.250 e. The normalized spacial score (nSPS) is 12.4. The summed E-state index contributed by atoms with van der Waals surface area (Å²) in [6, 6.07) is 7.72. The number of hydrazone groups is 1. The van der Waals surface area contributed by atoms with Crippen molar-refractivity contribution in [3.05, 3.63) is 57.6 Å². The van der Waals surface area contributed by atoms with Crippen LogP contribution in [0, 0.1) is 13.8 Å². The maximum Gasteiger partial charge on any atom is 0.250 e. The number of aryl methyl sites for hydroxylation is 2. The van der Waals surface area contributed by atoms with Gasteiger partial charge in [-0.2, -0.15) is 5.10 Å². The lowest BCUT2D eigenvalue weighted by molar-refractivity contribution is -0.118. The second-order valence-corrected chi connectivity index (χ2v) is 11.3. The molecular weight excluding hydrogens is 420 g/mol. The predicted molar refractivity (Wildman–Crippen MR) is 135 cm³/mol. The molecule has 0 aliphatic carbocycles. The average Bonchev–Trinajstić information content (AvgIpc) is 2.65. The zero-order chi connectivity index (χ0) is 24.3. The Bertz CT molecular complexity index is 957. The molecule has 0 spiro atoms. The fourth-order valence-electron chi connectivity index (χ4n) is 3.48. The van der Waals surface area contributed by atoms with Gasteiger partial charge in [0.1, 0.15) is 11.5 Å². The topological polar surface area (TPSA) is 81.9 Å². The van der Waals surface area contributed by atoms with Gasteiger partial charge in [-0.3, -0.25) is 4.79 Å². The third-order valence-electron chi connectivity index (χ3n) is 5.20. The molecule has 0 aliphatic heterocycles. The van der Waals surface area contributed by atoms with Gasteiger partial charge in [-0.25, -0.2) is 5.43 Å². The van der Waals surface area contributed by atoms with Crippen molar-refractivity contribution >= 4 is 23.9 Å². The van der Waals surface area contributed by atoms with Gasteiger partial charge in [-0.1, -0.05) is 53.7 Å². The van der Waals surface area contributed by atoms with E-state index in [2.05, 4.69) is 52.1 Å². The number of rotatable bonds is 6. The van der Waals surface area contributed by atoms with E-state index in [1.54, 1.807) is 6.21 Å². The number of carbonyl (C=O) groups is 1. The maximum atomic E-state index is 12.2. The Morgan fingerprint density at radius 2 is 1.44 bits per heavy atom. The van der Waals surface area contributed by atoms with Crippen LogP contribution in [0.2, 0.25) is 0 Å². The minimum absolute atomic E-state index is 0.177. The fraction of sp³-hybridized carbons (Fsp3) is 0.462. The van der Waals surface area contributed by atoms with Crippen LogP contribution in [0.4, 0.5) is 0 Å². The van der Waals surface area contributed by atoms with Gasteiger partial charge in [0.2, 0.25) is 5.91 Å². The summed E-state index contributed by atoms with van der Waals surface area (Å²) in [5.74, 6) is 1.43. The van der Waals surface area contributed by atoms with E-state index in [0.29, 0.717) is 17.3 Å². The molecule has 1 amide bonds. The monoisotopic (exact) mass is 456 g/mol. The van der Waals surface area contributed by atoms with Gasteiger partial charge in [0.25, 0.3) is 0 Å². The fourth-order valence-corrected chi connectivity index (χ4v) is 4.23. The molecule has 0 unspecified atom stereocenters. The van der Waals surface area contributed by atoms with Crippen molar-refractivity contribution in [2.75, 3.05) is 5.75 Å². The van der Waals surface area contributed by atoms with Gasteiger partial charge >= 0.3 is 0 Å². The largest absolute Gasteiger partial charge is 0.507 e. The Kier molecular flexibility index (Phi) is 8.05. The maximum absolute atomic E-state index is 12.2. The van der Waals surface area contributed by atoms with Crippen LogP contribution < -0.4 is 5.43 Å². The first-order chi connectivity index (χ1) is 14.7. The molecule has 0 saturated heterocycles. The molecule has 0 bridgehead atoms. The molecular formula is C26H36N2O3S. The van der Waals surface area contributed by atoms with E-state index in [4.69, 9.17) is 0 Å². The second kappa shape index (κ2) is 9.99. The molecule has 0 saturated carbocycles. The quantitative estimate of drug-likeness (QED) is 0.385. The van der Waals surface area contributed by atoms with E-state index in [-0.39, 0.29) is 22.5 Å². The molecule has 2 aromatic carbocycles. The SMILES string of the molecule is Cc1cc(CSCC(=O)NN=Cc2cc(C(C)(C)C)c(O)c(C(C)(C)C)c2)cc(C)c1O. The van der Waals surface area contributed by atoms with Crippen molar-refractivity contribution in [1.29, 1.82) is 0 Å². The van der Waals surface area contributed by atoms with Crippen LogP contribution in [0.5, 0.6) is 11.5 Å². The minimum Gasteiger partial charge on any atom is -0.507 e. The number of phenolic OH excluding ortho intramolecular Hbond substituents is 2. The Balaban J connectivity index is 2.03. The van der Waals surface area contributed by atoms with E-state index >= 15 is 0 Å². The van der Waals surface area contributed by atoms with Crippen LogP contribution in [-0.4, -0.2) is 28.1 Å². The standard InChI is InChI=1S/C26H36N2O3S/c1-16-9-19(10-17(2)23(16)30)14-32-15-22(29)28-27-13-18-11-20(25(3,4)5)24(31)21(12-18)26(6,7)8/h9-13,30-31H,14-15H2,1-8H3,(H,28,29). The van der Waals surface area contributed by atoms with Crippen LogP contribution >= 0.6 is 11.8 Å². The van der Waals surface area contributed by atoms with Gasteiger partial charge in [-0.05, 0) is 59.1 Å². The number of nitrogens with zero attached hydrogens (tertiary/aromatic N) is 1. The van der Waals surface area contributed by atoms with Gasteiger partial charge < -0.3 is 10.2 Å². The molecule has 6 heteroatoms. The Morgan fingerprint density at radius 1 is 0.938 bits per heavy atom. The molecule has 0 heterocycles. The van der Waals surface area contributed by atoms with Crippen LogP contribution in [0.25, 0.3) is 0 Å². The summed E-state index contributed by atoms with van der Waals surface area (Å²) < 4.78 is 0. The second-order valence-electron chi connectivity index (χ2n) is 10.3. The molecule has 0 aromatic heterocycles. The van der Waals surface area contributed by atoms with Gasteiger partial charge in [0.15, 0.2) is 0 Å². The highest BCUT2D eigenvalue weighted by atomic mass is 32.2. The first-order valence-corrected chi connectivity index (χ1v) is 11.9. The van der Waals surface area contributed by atoms with E-state index in [0.717, 1.165) is 33.4 Å². The highest BCUT2D eigenvalue weighted by Gasteiger charge is 2.26. The Labute approximate surface area is 196 Å². The van der Waals surface area contributed by atoms with Crippen molar-refractivity contribution in [1.82, 2.24) is 5.43 Å². The van der Waals surface area contributed by atoms with Crippen LogP contribution in [0.3, 0.4) is 0 Å². The summed E-state index contributed by atoms with van der Waals surface area (Å²) in [5.41, 5.74) is 7.44. The van der Waals surface area contributed by atoms with Crippen LogP contribution in [0.15, 0.2) is 29.4 Å². The zero-order valence-corrected chi connectivity index (χ0v) is 21.3. The summed E-state index contributed by atoms with van der Waals surface area (Å²) in [4.78, 5) is 12.2. The Hall–Kier alpha value is -2.47. The number of hydrogen-bond acceptors (Lipinski definition) is 5. The van der Waals surface area contributed by atoms with Crippen molar-refractivity contribution in [3.63, 3.8) is 0 Å². The Morgan fingerprint density at radius 3 is 1.91 bits per heavy atom. The van der Waals surface area contributed by atoms with Crippen LogP contribution in [-0.2, 0) is 21.4 Å². The van der Waals surface area contributed by atoms with Gasteiger partial charge in [-0.15, -0.1) is 11.8 Å². The number of carbonyl (C=O) groups excluding carboxylic acids is 1. The van der Waals surface area contributed by atoms with Gasteiger partial charge in [0.05, 0.1) is 12.0 Å². The molecule has 174 valence electrons. The van der Waals surface area contributed by atoms with E-state index in [9.17, 15) is 15.0 Å². The van der Waals surface area contributed by atoms with Crippen LogP contribution in [0.1, 0.15) is 74.9 Å². The third-order valence-corrected chi connectivity index (χ3v) is 6.21. The lowest BCUT2D eigenvalue weighted by Gasteiger charge is -2.27. The number of amides is 1. The minimum atomic E-state index is -0.223. The third kappa shape index (κ3) is 6.76. The van der Waals surface area contributed by atoms with Crippen molar-refractivity contribution in [3.8, 4) is 11.5 Å². The summed E-state index contributed by atoms with van der Waals surface area (Å²) >= 11 is 1.50. The number of nitrogens with one attached hydrogen (secondary N) is 1. The molecule has 0 radical (unpaired) electrons. The molecule has 0 aliphatic rings. The molecule has 0 atom stereocenters. The summed E-state index contributed by atoms with van der Waals surface area (Å²) in [7, 11) is 0. The molecule has 2 aromatic rings. The summed E-state index contributed by atoms with van der Waals surface area (Å²) in [5, 5.41) is 24.8. The number of hydrogen-bond donors (Lipinski definition) is 3. The summed E-state index contributed by atoms with van der Waals surface area (Å²) in [6.07, 6.45) is 1.62. The lowest BCUT2D eigenvalue weighted by Crippen LogP contribution is -2.20. The van der Waals surface area contributed by atoms with Gasteiger partial charge in [0, 0.05) is 16.9 Å². The van der Waals surface area contributed by atoms with Crippen molar-refractivity contribution < 1.29 is 15.0 Å². The number of thioether (sulfide) groups is 1. The van der Waals surface area contributed by atoms with Crippen molar-refractivity contribution in [2.24, 2.45) is 5.10 Å². The molecule has 32 heavy (non-hydrogen) atoms. The average molecular weight is 457 g/mol. The number of benzene rings is 2. The zero-order valence-electron chi connectivity index (χ0n) is 20.5. The molecule has 0 fully saturated rings. The first-order valence-electron chi connectivity index (χ1n) is 10.8. The highest BCUT2D eigenvalue weighted by Crippen LogP contribution is 2.39.